The van der Waals surface area contributed by atoms with E-state index in [2.05, 4.69) is 17.2 Å². The minimum Gasteiger partial charge on any atom is -0.353 e. The number of amides is 1. The summed E-state index contributed by atoms with van der Waals surface area (Å²) >= 11 is 6.09. The Labute approximate surface area is 165 Å². The second-order valence-corrected chi connectivity index (χ2v) is 9.38. The van der Waals surface area contributed by atoms with Crippen LogP contribution in [0.1, 0.15) is 41.5 Å². The molecule has 0 atom stereocenters. The van der Waals surface area contributed by atoms with E-state index < -0.39 is 15.9 Å². The van der Waals surface area contributed by atoms with Crippen LogP contribution in [0.3, 0.4) is 0 Å². The Morgan fingerprint density at radius 2 is 1.85 bits per heavy atom. The van der Waals surface area contributed by atoms with Gasteiger partial charge in [-0.05, 0) is 50.3 Å². The van der Waals surface area contributed by atoms with E-state index in [1.165, 1.54) is 4.31 Å². The van der Waals surface area contributed by atoms with E-state index in [0.717, 1.165) is 12.8 Å². The van der Waals surface area contributed by atoms with Gasteiger partial charge in [0.1, 0.15) is 10.6 Å². The third kappa shape index (κ3) is 3.90. The van der Waals surface area contributed by atoms with Crippen molar-refractivity contribution in [2.45, 2.75) is 38.5 Å². The molecule has 0 radical (unpaired) electrons. The first kappa shape index (κ1) is 19.9. The maximum Gasteiger partial charge on any atom is 0.272 e. The molecule has 2 heterocycles. The molecule has 1 fully saturated rings. The number of aromatic nitrogens is 1. The van der Waals surface area contributed by atoms with Gasteiger partial charge in [-0.15, -0.1) is 0 Å². The number of para-hydroxylation sites is 1. The van der Waals surface area contributed by atoms with Crippen LogP contribution in [-0.2, 0) is 10.0 Å². The molecule has 0 aliphatic carbocycles. The van der Waals surface area contributed by atoms with Gasteiger partial charge in [-0.1, -0.05) is 30.7 Å². The summed E-state index contributed by atoms with van der Waals surface area (Å²) in [5.74, 6) is 0.110. The lowest BCUT2D eigenvalue weighted by Gasteiger charge is -2.29. The number of nitrogens with one attached hydrogen (secondary N) is 2. The van der Waals surface area contributed by atoms with Crippen LogP contribution in [-0.4, -0.2) is 36.7 Å². The monoisotopic (exact) mass is 409 g/mol. The second kappa shape index (κ2) is 7.66. The third-order valence-electron chi connectivity index (χ3n) is 5.06. The fraction of sp³-hybridized carbons (Fsp3) is 0.421. The van der Waals surface area contributed by atoms with Crippen molar-refractivity contribution >= 4 is 33.2 Å². The number of aryl methyl sites for hydroxylation is 1. The van der Waals surface area contributed by atoms with Gasteiger partial charge >= 0.3 is 0 Å². The standard InChI is InChI=1S/C19H24ClN3O3S/c1-12-8-10-23(11-9-12)27(25,26)18-13(2)17(21-14(18)3)19(24)22-16-7-5-4-6-15(16)20/h4-7,12,21H,8-11H2,1-3H3,(H,22,24). The van der Waals surface area contributed by atoms with Gasteiger partial charge in [0, 0.05) is 18.8 Å². The Morgan fingerprint density at radius 1 is 1.22 bits per heavy atom. The minimum atomic E-state index is -3.64. The summed E-state index contributed by atoms with van der Waals surface area (Å²) in [7, 11) is -3.64. The number of benzene rings is 1. The number of nitrogens with zero attached hydrogens (tertiary/aromatic N) is 1. The lowest BCUT2D eigenvalue weighted by atomic mass is 10.0. The average molecular weight is 410 g/mol. The van der Waals surface area contributed by atoms with Crippen molar-refractivity contribution in [3.05, 3.63) is 46.2 Å². The van der Waals surface area contributed by atoms with Crippen molar-refractivity contribution in [3.8, 4) is 0 Å². The number of carbonyl (C=O) groups excluding carboxylic acids is 1. The van der Waals surface area contributed by atoms with Crippen molar-refractivity contribution in [1.82, 2.24) is 9.29 Å². The van der Waals surface area contributed by atoms with Crippen LogP contribution in [0.2, 0.25) is 5.02 Å². The molecule has 1 aliphatic rings. The lowest BCUT2D eigenvalue weighted by molar-refractivity contribution is 0.102. The molecule has 1 aromatic heterocycles. The Kier molecular flexibility index (Phi) is 5.65. The number of anilines is 1. The molecule has 0 unspecified atom stereocenters. The van der Waals surface area contributed by atoms with E-state index in [0.29, 0.717) is 41.0 Å². The predicted molar refractivity (Wildman–Crippen MR) is 107 cm³/mol. The van der Waals surface area contributed by atoms with E-state index in [1.54, 1.807) is 38.1 Å². The second-order valence-electron chi connectivity index (χ2n) is 7.10. The molecule has 27 heavy (non-hydrogen) atoms. The molecule has 2 aromatic rings. The van der Waals surface area contributed by atoms with Crippen molar-refractivity contribution in [3.63, 3.8) is 0 Å². The van der Waals surface area contributed by atoms with E-state index in [9.17, 15) is 13.2 Å². The molecule has 146 valence electrons. The van der Waals surface area contributed by atoms with Crippen LogP contribution in [0, 0.1) is 19.8 Å². The van der Waals surface area contributed by atoms with Crippen molar-refractivity contribution < 1.29 is 13.2 Å². The van der Waals surface area contributed by atoms with Gasteiger partial charge in [0.25, 0.3) is 5.91 Å². The van der Waals surface area contributed by atoms with E-state index in [-0.39, 0.29) is 10.6 Å². The molecular formula is C19H24ClN3O3S. The Hall–Kier alpha value is -1.83. The largest absolute Gasteiger partial charge is 0.353 e. The molecule has 0 bridgehead atoms. The topological polar surface area (TPSA) is 82.3 Å². The summed E-state index contributed by atoms with van der Waals surface area (Å²) in [6.45, 7) is 6.49. The average Bonchev–Trinajstić information content (AvgIpc) is 2.92. The molecule has 1 amide bonds. The zero-order chi connectivity index (χ0) is 19.8. The molecule has 6 nitrogen and oxygen atoms in total. The summed E-state index contributed by atoms with van der Waals surface area (Å²) < 4.78 is 27.8. The Balaban J connectivity index is 1.90. The highest BCUT2D eigenvalue weighted by molar-refractivity contribution is 7.89. The van der Waals surface area contributed by atoms with Gasteiger partial charge in [0.15, 0.2) is 0 Å². The van der Waals surface area contributed by atoms with E-state index in [1.807, 2.05) is 0 Å². The quantitative estimate of drug-likeness (QED) is 0.801. The van der Waals surface area contributed by atoms with Crippen LogP contribution < -0.4 is 5.32 Å². The highest BCUT2D eigenvalue weighted by atomic mass is 35.5. The number of piperidine rings is 1. The highest BCUT2D eigenvalue weighted by Crippen LogP contribution is 2.30. The zero-order valence-corrected chi connectivity index (χ0v) is 17.2. The molecule has 1 aromatic carbocycles. The predicted octanol–water partition coefficient (Wildman–Crippen LogP) is 3.96. The van der Waals surface area contributed by atoms with Gasteiger partial charge in [-0.2, -0.15) is 4.31 Å². The molecular weight excluding hydrogens is 386 g/mol. The molecule has 1 saturated heterocycles. The number of aromatic amines is 1. The highest BCUT2D eigenvalue weighted by Gasteiger charge is 2.33. The maximum atomic E-state index is 13.1. The lowest BCUT2D eigenvalue weighted by Crippen LogP contribution is -2.38. The number of carbonyl (C=O) groups is 1. The van der Waals surface area contributed by atoms with Crippen LogP contribution in [0.25, 0.3) is 0 Å². The zero-order valence-electron chi connectivity index (χ0n) is 15.7. The molecule has 2 N–H and O–H groups in total. The number of hydrogen-bond acceptors (Lipinski definition) is 3. The van der Waals surface area contributed by atoms with E-state index in [4.69, 9.17) is 11.6 Å². The SMILES string of the molecule is Cc1[nH]c(C(=O)Nc2ccccc2Cl)c(C)c1S(=O)(=O)N1CCC(C)CC1. The number of rotatable bonds is 4. The fourth-order valence-corrected chi connectivity index (χ4v) is 5.51. The van der Waals surface area contributed by atoms with Gasteiger partial charge < -0.3 is 10.3 Å². The van der Waals surface area contributed by atoms with Gasteiger partial charge in [-0.3, -0.25) is 4.79 Å². The first-order chi connectivity index (χ1) is 12.7. The van der Waals surface area contributed by atoms with Gasteiger partial charge in [0.2, 0.25) is 10.0 Å². The van der Waals surface area contributed by atoms with Crippen LogP contribution in [0.15, 0.2) is 29.2 Å². The van der Waals surface area contributed by atoms with Crippen LogP contribution >= 0.6 is 11.6 Å². The Morgan fingerprint density at radius 3 is 2.48 bits per heavy atom. The number of halogens is 1. The molecule has 8 heteroatoms. The molecule has 1 aliphatic heterocycles. The summed E-state index contributed by atoms with van der Waals surface area (Å²) in [5.41, 5.74) is 1.60. The van der Waals surface area contributed by atoms with E-state index >= 15 is 0 Å². The van der Waals surface area contributed by atoms with Crippen LogP contribution in [0.5, 0.6) is 0 Å². The van der Waals surface area contributed by atoms with Crippen molar-refractivity contribution in [1.29, 1.82) is 0 Å². The molecule has 3 rings (SSSR count). The minimum absolute atomic E-state index is 0.196. The van der Waals surface area contributed by atoms with Crippen molar-refractivity contribution in [2.75, 3.05) is 18.4 Å². The first-order valence-corrected chi connectivity index (χ1v) is 10.8. The summed E-state index contributed by atoms with van der Waals surface area (Å²) in [6.07, 6.45) is 1.70. The first-order valence-electron chi connectivity index (χ1n) is 8.97. The Bertz CT molecular complexity index is 961. The molecule has 0 spiro atoms. The van der Waals surface area contributed by atoms with Gasteiger partial charge in [0.05, 0.1) is 10.7 Å². The summed E-state index contributed by atoms with van der Waals surface area (Å²) in [4.78, 5) is 15.8. The van der Waals surface area contributed by atoms with Crippen LogP contribution in [0.4, 0.5) is 5.69 Å². The fourth-order valence-electron chi connectivity index (χ4n) is 3.45. The van der Waals surface area contributed by atoms with Crippen molar-refractivity contribution in [2.24, 2.45) is 5.92 Å². The molecule has 0 saturated carbocycles. The number of sulfonamides is 1. The smallest absolute Gasteiger partial charge is 0.272 e. The normalized spacial score (nSPS) is 16.4. The summed E-state index contributed by atoms with van der Waals surface area (Å²) in [5, 5.41) is 3.15. The maximum absolute atomic E-state index is 13.1. The van der Waals surface area contributed by atoms with Gasteiger partial charge in [-0.25, -0.2) is 8.42 Å². The summed E-state index contributed by atoms with van der Waals surface area (Å²) in [6, 6.07) is 6.91. The number of hydrogen-bond donors (Lipinski definition) is 2. The third-order valence-corrected chi connectivity index (χ3v) is 7.56. The number of H-pyrrole nitrogens is 1.